The molecule has 4 heteroatoms. The van der Waals surface area contributed by atoms with Gasteiger partial charge in [-0.3, -0.25) is 0 Å². The quantitative estimate of drug-likeness (QED) is 0.636. The number of hydrogen-bond acceptors (Lipinski definition) is 2. The van der Waals surface area contributed by atoms with Crippen molar-refractivity contribution < 1.29 is 12.4 Å². The van der Waals surface area contributed by atoms with Crippen molar-refractivity contribution in [3.8, 4) is 0 Å². The van der Waals surface area contributed by atoms with E-state index in [0.29, 0.717) is 5.69 Å². The van der Waals surface area contributed by atoms with Gasteiger partial charge in [0.05, 0.1) is 0 Å². The Kier molecular flexibility index (Phi) is 4.38. The molecule has 0 N–H and O–H groups in total. The maximum absolute atomic E-state index is 8.55. The summed E-state index contributed by atoms with van der Waals surface area (Å²) in [5.41, 5.74) is 1.85. The van der Waals surface area contributed by atoms with Gasteiger partial charge >= 0.3 is 5.69 Å². The van der Waals surface area contributed by atoms with Gasteiger partial charge in [0, 0.05) is 30.9 Å². The summed E-state index contributed by atoms with van der Waals surface area (Å²) in [5.74, 6) is 0. The highest BCUT2D eigenvalue weighted by Crippen LogP contribution is 2.22. The van der Waals surface area contributed by atoms with Crippen molar-refractivity contribution >= 4 is 11.4 Å². The highest BCUT2D eigenvalue weighted by molar-refractivity contribution is 5.55. The summed E-state index contributed by atoms with van der Waals surface area (Å²) in [6.07, 6.45) is 3.92. The van der Waals surface area contributed by atoms with Gasteiger partial charge in [-0.2, -0.15) is 0 Å². The summed E-state index contributed by atoms with van der Waals surface area (Å²) >= 11 is 0. The minimum Gasteiger partial charge on any atom is -1.00 e. The Balaban J connectivity index is 0.00000112. The van der Waals surface area contributed by atoms with Crippen LogP contribution in [0.2, 0.25) is 0 Å². The van der Waals surface area contributed by atoms with Crippen LogP contribution in [0, 0.1) is 5.39 Å². The molecule has 0 amide bonds. The molecule has 15 heavy (non-hydrogen) atoms. The molecule has 0 aliphatic carbocycles. The molecule has 1 aliphatic rings. The fraction of sp³-hybridized carbons (Fsp3) is 0.455. The third-order valence-electron chi connectivity index (χ3n) is 2.69. The van der Waals surface area contributed by atoms with Gasteiger partial charge in [-0.05, 0) is 31.4 Å². The second-order valence-electron chi connectivity index (χ2n) is 3.66. The molecular formula is C11H14ClN3. The summed E-state index contributed by atoms with van der Waals surface area (Å²) in [6.45, 7) is 2.30. The third kappa shape index (κ3) is 2.84. The molecule has 0 unspecified atom stereocenters. The first kappa shape index (κ1) is 11.8. The Morgan fingerprint density at radius 3 is 2.13 bits per heavy atom. The second kappa shape index (κ2) is 5.57. The zero-order valence-corrected chi connectivity index (χ0v) is 9.32. The lowest BCUT2D eigenvalue weighted by molar-refractivity contribution is -0.00000306. The summed E-state index contributed by atoms with van der Waals surface area (Å²) < 4.78 is 0. The molecule has 0 bridgehead atoms. The van der Waals surface area contributed by atoms with Crippen molar-refractivity contribution in [3.63, 3.8) is 0 Å². The number of halogens is 1. The first-order valence-electron chi connectivity index (χ1n) is 5.10. The number of hydrogen-bond donors (Lipinski definition) is 0. The Labute approximate surface area is 96.1 Å². The van der Waals surface area contributed by atoms with Crippen LogP contribution in [0.3, 0.4) is 0 Å². The van der Waals surface area contributed by atoms with E-state index in [-0.39, 0.29) is 12.4 Å². The molecule has 1 aliphatic heterocycles. The fourth-order valence-electron chi connectivity index (χ4n) is 1.88. The van der Waals surface area contributed by atoms with Gasteiger partial charge in [-0.15, -0.1) is 0 Å². The fourth-order valence-corrected chi connectivity index (χ4v) is 1.88. The maximum Gasteiger partial charge on any atom is 0.385 e. The molecule has 1 saturated heterocycles. The molecule has 0 atom stereocenters. The zero-order valence-electron chi connectivity index (χ0n) is 8.56. The van der Waals surface area contributed by atoms with Crippen LogP contribution in [0.25, 0.3) is 4.98 Å². The van der Waals surface area contributed by atoms with E-state index in [0.717, 1.165) is 13.1 Å². The van der Waals surface area contributed by atoms with Crippen LogP contribution < -0.4 is 17.3 Å². The van der Waals surface area contributed by atoms with Gasteiger partial charge in [0.1, 0.15) is 0 Å². The van der Waals surface area contributed by atoms with Crippen molar-refractivity contribution in [3.05, 3.63) is 29.2 Å². The number of piperidine rings is 1. The maximum atomic E-state index is 8.55. The zero-order chi connectivity index (χ0) is 9.80. The van der Waals surface area contributed by atoms with Crippen LogP contribution in [0.5, 0.6) is 0 Å². The number of nitrogens with zero attached hydrogens (tertiary/aromatic N) is 3. The van der Waals surface area contributed by atoms with Crippen molar-refractivity contribution in [2.75, 3.05) is 18.0 Å². The molecule has 1 aromatic rings. The minimum absolute atomic E-state index is 0. The lowest BCUT2D eigenvalue weighted by Gasteiger charge is -2.28. The van der Waals surface area contributed by atoms with E-state index >= 15 is 0 Å². The Hall–Kier alpha value is -1.27. The first-order chi connectivity index (χ1) is 6.90. The molecule has 1 fully saturated rings. The smallest absolute Gasteiger partial charge is 0.385 e. The van der Waals surface area contributed by atoms with Crippen LogP contribution in [0.1, 0.15) is 19.3 Å². The Morgan fingerprint density at radius 2 is 1.60 bits per heavy atom. The Bertz CT molecular complexity index is 336. The molecule has 2 rings (SSSR count). The SMILES string of the molecule is N#[N+]c1ccc(N2CCCCC2)cc1.[Cl-]. The van der Waals surface area contributed by atoms with E-state index in [9.17, 15) is 0 Å². The van der Waals surface area contributed by atoms with E-state index in [4.69, 9.17) is 5.39 Å². The summed E-state index contributed by atoms with van der Waals surface area (Å²) in [4.78, 5) is 5.52. The Morgan fingerprint density at radius 1 is 1.00 bits per heavy atom. The molecular weight excluding hydrogens is 210 g/mol. The summed E-state index contributed by atoms with van der Waals surface area (Å²) in [7, 11) is 0. The van der Waals surface area contributed by atoms with Crippen LogP contribution in [-0.2, 0) is 0 Å². The van der Waals surface area contributed by atoms with Gasteiger partial charge in [-0.1, -0.05) is 0 Å². The molecule has 0 spiro atoms. The van der Waals surface area contributed by atoms with Gasteiger partial charge < -0.3 is 17.3 Å². The number of diazo groups is 1. The molecule has 1 heterocycles. The normalized spacial score (nSPS) is 15.3. The largest absolute Gasteiger partial charge is 1.00 e. The van der Waals surface area contributed by atoms with Gasteiger partial charge in [-0.25, -0.2) is 0 Å². The van der Waals surface area contributed by atoms with E-state index in [1.165, 1.54) is 24.9 Å². The van der Waals surface area contributed by atoms with E-state index in [1.807, 2.05) is 24.3 Å². The van der Waals surface area contributed by atoms with Crippen LogP contribution in [0.15, 0.2) is 24.3 Å². The van der Waals surface area contributed by atoms with E-state index in [2.05, 4.69) is 9.88 Å². The molecule has 80 valence electrons. The predicted octanol–water partition coefficient (Wildman–Crippen LogP) is 0.165. The molecule has 0 radical (unpaired) electrons. The lowest BCUT2D eigenvalue weighted by atomic mass is 10.1. The monoisotopic (exact) mass is 223 g/mol. The molecule has 1 aromatic carbocycles. The van der Waals surface area contributed by atoms with Crippen molar-refractivity contribution in [2.45, 2.75) is 19.3 Å². The van der Waals surface area contributed by atoms with Gasteiger partial charge in [0.15, 0.2) is 4.98 Å². The number of benzene rings is 1. The van der Waals surface area contributed by atoms with Crippen molar-refractivity contribution in [2.24, 2.45) is 0 Å². The van der Waals surface area contributed by atoms with Gasteiger partial charge in [0.2, 0.25) is 5.39 Å². The number of rotatable bonds is 1. The van der Waals surface area contributed by atoms with Crippen LogP contribution in [-0.4, -0.2) is 13.1 Å². The van der Waals surface area contributed by atoms with E-state index < -0.39 is 0 Å². The van der Waals surface area contributed by atoms with Crippen molar-refractivity contribution in [1.29, 1.82) is 5.39 Å². The topological polar surface area (TPSA) is 31.4 Å². The minimum atomic E-state index is 0. The molecule has 0 aromatic heterocycles. The molecule has 3 nitrogen and oxygen atoms in total. The average molecular weight is 224 g/mol. The standard InChI is InChI=1S/C11H14N3.ClH/c12-13-10-4-6-11(7-5-10)14-8-2-1-3-9-14;/h4-7H,1-3,8-9H2;1H/q+1;/p-1. The van der Waals surface area contributed by atoms with Crippen LogP contribution >= 0.6 is 0 Å². The summed E-state index contributed by atoms with van der Waals surface area (Å²) in [6, 6.07) is 7.70. The van der Waals surface area contributed by atoms with Gasteiger partial charge in [0.25, 0.3) is 0 Å². The average Bonchev–Trinajstić information content (AvgIpc) is 2.30. The van der Waals surface area contributed by atoms with Crippen molar-refractivity contribution in [1.82, 2.24) is 0 Å². The highest BCUT2D eigenvalue weighted by atomic mass is 35.5. The van der Waals surface area contributed by atoms with Crippen LogP contribution in [0.4, 0.5) is 11.4 Å². The first-order valence-corrected chi connectivity index (χ1v) is 5.10. The second-order valence-corrected chi connectivity index (χ2v) is 3.66. The van der Waals surface area contributed by atoms with E-state index in [1.54, 1.807) is 0 Å². The molecule has 0 saturated carbocycles. The number of anilines is 1. The lowest BCUT2D eigenvalue weighted by Crippen LogP contribution is -3.00. The highest BCUT2D eigenvalue weighted by Gasteiger charge is 2.11. The third-order valence-corrected chi connectivity index (χ3v) is 2.69. The summed E-state index contributed by atoms with van der Waals surface area (Å²) in [5, 5.41) is 8.55. The predicted molar refractivity (Wildman–Crippen MR) is 57.3 cm³/mol.